The molecule has 1 fully saturated rings. The molecule has 2 aliphatic rings. The first-order valence-corrected chi connectivity index (χ1v) is 8.93. The lowest BCUT2D eigenvalue weighted by Gasteiger charge is -2.25. The number of para-hydroxylation sites is 1. The monoisotopic (exact) mass is 374 g/mol. The van der Waals surface area contributed by atoms with E-state index in [4.69, 9.17) is 4.74 Å². The van der Waals surface area contributed by atoms with E-state index in [1.165, 1.54) is 4.90 Å². The summed E-state index contributed by atoms with van der Waals surface area (Å²) >= 11 is 0. The summed E-state index contributed by atoms with van der Waals surface area (Å²) in [6.45, 7) is 0.783. The van der Waals surface area contributed by atoms with E-state index in [0.717, 1.165) is 11.3 Å². The summed E-state index contributed by atoms with van der Waals surface area (Å²) in [5.74, 6) is -0.470. The van der Waals surface area contributed by atoms with Gasteiger partial charge in [0.2, 0.25) is 11.8 Å². The summed E-state index contributed by atoms with van der Waals surface area (Å²) in [4.78, 5) is 41.4. The Hall–Kier alpha value is -2.61. The number of nitrogens with one attached hydrogen (secondary N) is 1. The smallest absolute Gasteiger partial charge is 0.323 e. The molecule has 8 nitrogen and oxygen atoms in total. The second-order valence-corrected chi connectivity index (χ2v) is 7.57. The number of hydrogen-bond acceptors (Lipinski definition) is 4. The van der Waals surface area contributed by atoms with Crippen LogP contribution in [0.3, 0.4) is 0 Å². The van der Waals surface area contributed by atoms with Gasteiger partial charge in [0, 0.05) is 45.8 Å². The highest BCUT2D eigenvalue weighted by atomic mass is 16.5. The van der Waals surface area contributed by atoms with Crippen LogP contribution in [0.1, 0.15) is 12.0 Å². The summed E-state index contributed by atoms with van der Waals surface area (Å²) in [6, 6.07) is 7.67. The molecule has 0 aromatic heterocycles. The fourth-order valence-electron chi connectivity index (χ4n) is 3.68. The second-order valence-electron chi connectivity index (χ2n) is 7.57. The van der Waals surface area contributed by atoms with E-state index in [-0.39, 0.29) is 24.4 Å². The number of ether oxygens (including phenoxy) is 1. The molecule has 2 heterocycles. The van der Waals surface area contributed by atoms with Crippen molar-refractivity contribution in [2.45, 2.75) is 17.9 Å². The molecule has 0 radical (unpaired) electrons. The van der Waals surface area contributed by atoms with Gasteiger partial charge in [-0.2, -0.15) is 0 Å². The maximum Gasteiger partial charge on any atom is 0.323 e. The van der Waals surface area contributed by atoms with E-state index >= 15 is 0 Å². The van der Waals surface area contributed by atoms with E-state index in [1.807, 2.05) is 24.3 Å². The first-order chi connectivity index (χ1) is 12.7. The van der Waals surface area contributed by atoms with Crippen molar-refractivity contribution >= 4 is 23.5 Å². The van der Waals surface area contributed by atoms with Crippen molar-refractivity contribution in [1.29, 1.82) is 0 Å². The molecule has 8 heteroatoms. The number of nitrogens with zero attached hydrogens (tertiary/aromatic N) is 3. The predicted octanol–water partition coefficient (Wildman–Crippen LogP) is 0.419. The largest absolute Gasteiger partial charge is 0.367 e. The minimum atomic E-state index is -0.637. The molecule has 2 aliphatic heterocycles. The fraction of sp³-hybridized carbons (Fsp3) is 0.526. The Labute approximate surface area is 159 Å². The van der Waals surface area contributed by atoms with Gasteiger partial charge in [-0.25, -0.2) is 4.79 Å². The third-order valence-electron chi connectivity index (χ3n) is 5.18. The fourth-order valence-corrected chi connectivity index (χ4v) is 3.68. The van der Waals surface area contributed by atoms with Gasteiger partial charge in [-0.15, -0.1) is 0 Å². The average Bonchev–Trinajstić information content (AvgIpc) is 3.21. The molecule has 2 unspecified atom stereocenters. The first-order valence-electron chi connectivity index (χ1n) is 8.93. The Balaban J connectivity index is 1.75. The molecule has 0 saturated carbocycles. The van der Waals surface area contributed by atoms with E-state index in [9.17, 15) is 14.4 Å². The van der Waals surface area contributed by atoms with Gasteiger partial charge in [0.15, 0.2) is 0 Å². The van der Waals surface area contributed by atoms with Crippen molar-refractivity contribution < 1.29 is 19.1 Å². The maximum atomic E-state index is 12.6. The van der Waals surface area contributed by atoms with Gasteiger partial charge in [-0.05, 0) is 18.1 Å². The highest BCUT2D eigenvalue weighted by Crippen LogP contribution is 2.47. The molecule has 3 rings (SSSR count). The molecular formula is C19H26N4O4. The van der Waals surface area contributed by atoms with E-state index in [0.29, 0.717) is 19.6 Å². The Morgan fingerprint density at radius 2 is 1.89 bits per heavy atom. The third kappa shape index (κ3) is 3.49. The zero-order chi connectivity index (χ0) is 19.8. The van der Waals surface area contributed by atoms with Gasteiger partial charge in [-0.1, -0.05) is 18.2 Å². The van der Waals surface area contributed by atoms with E-state index in [1.54, 1.807) is 38.0 Å². The highest BCUT2D eigenvalue weighted by molar-refractivity contribution is 5.95. The van der Waals surface area contributed by atoms with Crippen LogP contribution in [0.25, 0.3) is 0 Å². The number of likely N-dealkylation sites (N-methyl/N-ethyl adjacent to an activating group) is 1. The van der Waals surface area contributed by atoms with Crippen LogP contribution in [0.5, 0.6) is 0 Å². The summed E-state index contributed by atoms with van der Waals surface area (Å²) in [7, 11) is 6.72. The van der Waals surface area contributed by atoms with Crippen LogP contribution in [0.2, 0.25) is 0 Å². The summed E-state index contributed by atoms with van der Waals surface area (Å²) < 4.78 is 5.80. The molecule has 0 aliphatic carbocycles. The molecule has 1 spiro atoms. The van der Waals surface area contributed by atoms with Crippen molar-refractivity contribution in [2.24, 2.45) is 0 Å². The predicted molar refractivity (Wildman–Crippen MR) is 101 cm³/mol. The van der Waals surface area contributed by atoms with Crippen molar-refractivity contribution in [3.05, 3.63) is 29.8 Å². The third-order valence-corrected chi connectivity index (χ3v) is 5.18. The highest BCUT2D eigenvalue weighted by Gasteiger charge is 2.51. The number of carbonyl (C=O) groups is 3. The lowest BCUT2D eigenvalue weighted by molar-refractivity contribution is -0.134. The molecule has 146 valence electrons. The number of benzene rings is 1. The number of carbonyl (C=O) groups excluding carboxylic acids is 3. The summed E-state index contributed by atoms with van der Waals surface area (Å²) in [6.07, 6.45) is -0.161. The van der Waals surface area contributed by atoms with Gasteiger partial charge < -0.3 is 19.9 Å². The summed E-state index contributed by atoms with van der Waals surface area (Å²) in [5.41, 5.74) is 1.49. The molecular weight excluding hydrogens is 348 g/mol. The van der Waals surface area contributed by atoms with Crippen molar-refractivity contribution in [1.82, 2.24) is 15.1 Å². The molecule has 1 aromatic rings. The van der Waals surface area contributed by atoms with Crippen LogP contribution >= 0.6 is 0 Å². The molecule has 1 saturated heterocycles. The van der Waals surface area contributed by atoms with Crippen LogP contribution in [-0.2, 0) is 19.7 Å². The van der Waals surface area contributed by atoms with Crippen LogP contribution in [0.4, 0.5) is 10.5 Å². The normalized spacial score (nSPS) is 23.3. The number of fused-ring (bicyclic) bond motifs is 2. The minimum Gasteiger partial charge on any atom is -0.367 e. The zero-order valence-corrected chi connectivity index (χ0v) is 16.2. The molecule has 4 amide bonds. The molecule has 27 heavy (non-hydrogen) atoms. The molecule has 1 N–H and O–H groups in total. The lowest BCUT2D eigenvalue weighted by atomic mass is 9.80. The number of anilines is 1. The number of rotatable bonds is 3. The topological polar surface area (TPSA) is 82.2 Å². The van der Waals surface area contributed by atoms with Gasteiger partial charge in [0.25, 0.3) is 0 Å². The quantitative estimate of drug-likeness (QED) is 0.831. The van der Waals surface area contributed by atoms with Gasteiger partial charge in [0.1, 0.15) is 6.10 Å². The standard InChI is InChI=1S/C19H26N4O4/c1-21(2)16(24)10-20-17(25)15-9-19(12-27-15)11-23(18(26)22(3)4)14-8-6-5-7-13(14)19/h5-8,15H,9-12H2,1-4H3,(H,20,25). The van der Waals surface area contributed by atoms with Crippen molar-refractivity contribution in [3.63, 3.8) is 0 Å². The molecule has 0 bridgehead atoms. The Kier molecular flexibility index (Phi) is 5.10. The molecule has 1 aromatic carbocycles. The number of amides is 4. The van der Waals surface area contributed by atoms with E-state index in [2.05, 4.69) is 5.32 Å². The van der Waals surface area contributed by atoms with Crippen molar-refractivity contribution in [2.75, 3.05) is 52.8 Å². The van der Waals surface area contributed by atoms with Crippen molar-refractivity contribution in [3.8, 4) is 0 Å². The first kappa shape index (κ1) is 19.2. The lowest BCUT2D eigenvalue weighted by Crippen LogP contribution is -2.43. The maximum absolute atomic E-state index is 12.6. The number of urea groups is 1. The van der Waals surface area contributed by atoms with Gasteiger partial charge in [-0.3, -0.25) is 14.5 Å². The SMILES string of the molecule is CN(C)C(=O)CNC(=O)C1CC2(CO1)CN(C(=O)N(C)C)c1ccccc12. The van der Waals surface area contributed by atoms with E-state index < -0.39 is 11.5 Å². The minimum absolute atomic E-state index is 0.0550. The molecule has 2 atom stereocenters. The zero-order valence-electron chi connectivity index (χ0n) is 16.2. The van der Waals surface area contributed by atoms with Crippen LogP contribution in [0, 0.1) is 0 Å². The average molecular weight is 374 g/mol. The Morgan fingerprint density at radius 1 is 1.19 bits per heavy atom. The van der Waals surface area contributed by atoms with Crippen LogP contribution in [-0.4, -0.2) is 81.6 Å². The van der Waals surface area contributed by atoms with Crippen LogP contribution in [0.15, 0.2) is 24.3 Å². The second kappa shape index (κ2) is 7.19. The number of hydrogen-bond donors (Lipinski definition) is 1. The van der Waals surface area contributed by atoms with Crippen LogP contribution < -0.4 is 10.2 Å². The summed E-state index contributed by atoms with van der Waals surface area (Å²) in [5, 5.41) is 2.64. The Bertz CT molecular complexity index is 764. The van der Waals surface area contributed by atoms with Gasteiger partial charge >= 0.3 is 6.03 Å². The Morgan fingerprint density at radius 3 is 2.56 bits per heavy atom. The van der Waals surface area contributed by atoms with Gasteiger partial charge in [0.05, 0.1) is 13.2 Å².